The first-order chi connectivity index (χ1) is 12.9. The van der Waals surface area contributed by atoms with Crippen LogP contribution in [0, 0.1) is 0 Å². The third kappa shape index (κ3) is 3.17. The maximum Gasteiger partial charge on any atom is 0.419 e. The number of piperazine rings is 1. The van der Waals surface area contributed by atoms with Crippen LogP contribution in [-0.4, -0.2) is 67.0 Å². The lowest BCUT2D eigenvalue weighted by Gasteiger charge is -2.35. The number of rotatable bonds is 3. The maximum absolute atomic E-state index is 13.0. The van der Waals surface area contributed by atoms with Crippen molar-refractivity contribution in [3.05, 3.63) is 28.7 Å². The van der Waals surface area contributed by atoms with Gasteiger partial charge < -0.3 is 14.1 Å². The Labute approximate surface area is 156 Å². The van der Waals surface area contributed by atoms with Gasteiger partial charge in [-0.3, -0.25) is 9.36 Å². The third-order valence-electron chi connectivity index (χ3n) is 5.16. The van der Waals surface area contributed by atoms with Crippen LogP contribution in [0.4, 0.5) is 0 Å². The molecule has 1 unspecified atom stereocenters. The van der Waals surface area contributed by atoms with Crippen LogP contribution in [0.1, 0.15) is 12.8 Å². The number of aryl methyl sites for hydroxylation is 1. The van der Waals surface area contributed by atoms with Gasteiger partial charge in [-0.1, -0.05) is 0 Å². The molecule has 0 saturated carbocycles. The summed E-state index contributed by atoms with van der Waals surface area (Å²) in [6.07, 6.45) is 1.21. The highest BCUT2D eigenvalue weighted by Gasteiger charge is 2.34. The minimum atomic E-state index is -3.72. The Morgan fingerprint density at radius 2 is 1.93 bits per heavy atom. The van der Waals surface area contributed by atoms with Crippen molar-refractivity contribution in [2.75, 3.05) is 32.8 Å². The van der Waals surface area contributed by atoms with Gasteiger partial charge >= 0.3 is 5.76 Å². The van der Waals surface area contributed by atoms with Gasteiger partial charge in [0.1, 0.15) is 6.10 Å². The standard InChI is InChI=1S/C17H21N3O6S/c1-18-13-11-12(4-5-14(13)26-17(18)22)27(23,24)20-8-6-19(7-9-20)16(21)15-3-2-10-25-15/h4-5,11,15H,2-3,6-10H2,1H3. The van der Waals surface area contributed by atoms with Crippen molar-refractivity contribution in [3.8, 4) is 0 Å². The Kier molecular flexibility index (Phi) is 4.57. The molecule has 27 heavy (non-hydrogen) atoms. The van der Waals surface area contributed by atoms with Crippen LogP contribution in [0.3, 0.4) is 0 Å². The summed E-state index contributed by atoms with van der Waals surface area (Å²) < 4.78 is 39.0. The second kappa shape index (κ2) is 6.77. The molecule has 1 aromatic heterocycles. The molecule has 0 bridgehead atoms. The highest BCUT2D eigenvalue weighted by atomic mass is 32.2. The summed E-state index contributed by atoms with van der Waals surface area (Å²) in [7, 11) is -2.19. The van der Waals surface area contributed by atoms with Crippen LogP contribution < -0.4 is 5.76 Å². The number of ether oxygens (including phenoxy) is 1. The third-order valence-corrected chi connectivity index (χ3v) is 7.05. The lowest BCUT2D eigenvalue weighted by Crippen LogP contribution is -2.52. The smallest absolute Gasteiger partial charge is 0.408 e. The van der Waals surface area contributed by atoms with Gasteiger partial charge in [-0.25, -0.2) is 13.2 Å². The molecule has 4 rings (SSSR count). The number of amides is 1. The molecule has 2 aliphatic heterocycles. The van der Waals surface area contributed by atoms with E-state index in [-0.39, 0.29) is 23.9 Å². The van der Waals surface area contributed by atoms with Crippen molar-refractivity contribution in [2.24, 2.45) is 7.05 Å². The summed E-state index contributed by atoms with van der Waals surface area (Å²) in [5.41, 5.74) is 0.765. The number of hydrogen-bond acceptors (Lipinski definition) is 6. The van der Waals surface area contributed by atoms with Crippen LogP contribution in [0.15, 0.2) is 32.3 Å². The quantitative estimate of drug-likeness (QED) is 0.733. The van der Waals surface area contributed by atoms with Crippen molar-refractivity contribution in [1.29, 1.82) is 0 Å². The van der Waals surface area contributed by atoms with E-state index >= 15 is 0 Å². The van der Waals surface area contributed by atoms with Crippen LogP contribution in [0.25, 0.3) is 11.1 Å². The van der Waals surface area contributed by atoms with E-state index < -0.39 is 21.9 Å². The van der Waals surface area contributed by atoms with Gasteiger partial charge in [0.15, 0.2) is 5.58 Å². The summed E-state index contributed by atoms with van der Waals surface area (Å²) in [6.45, 7) is 1.73. The molecular weight excluding hydrogens is 374 g/mol. The number of nitrogens with zero attached hydrogens (tertiary/aromatic N) is 3. The molecule has 3 heterocycles. The van der Waals surface area contributed by atoms with E-state index in [1.807, 2.05) is 0 Å². The van der Waals surface area contributed by atoms with Crippen LogP contribution in [0.2, 0.25) is 0 Å². The molecule has 1 aromatic carbocycles. The predicted molar refractivity (Wildman–Crippen MR) is 95.8 cm³/mol. The topological polar surface area (TPSA) is 102 Å². The highest BCUT2D eigenvalue weighted by molar-refractivity contribution is 7.89. The number of carbonyl (C=O) groups is 1. The Hall–Kier alpha value is -2.17. The fourth-order valence-electron chi connectivity index (χ4n) is 3.54. The van der Waals surface area contributed by atoms with E-state index in [0.29, 0.717) is 30.8 Å². The summed E-state index contributed by atoms with van der Waals surface area (Å²) in [5.74, 6) is -0.597. The number of hydrogen-bond donors (Lipinski definition) is 0. The minimum Gasteiger partial charge on any atom is -0.408 e. The van der Waals surface area contributed by atoms with Crippen molar-refractivity contribution in [1.82, 2.24) is 13.8 Å². The molecule has 0 spiro atoms. The average Bonchev–Trinajstić information content (AvgIpc) is 3.30. The normalized spacial score (nSPS) is 21.8. The van der Waals surface area contributed by atoms with Crippen LogP contribution in [-0.2, 0) is 26.6 Å². The van der Waals surface area contributed by atoms with Crippen LogP contribution in [0.5, 0.6) is 0 Å². The first kappa shape index (κ1) is 18.2. The van der Waals surface area contributed by atoms with E-state index in [1.54, 1.807) is 4.90 Å². The van der Waals surface area contributed by atoms with Crippen molar-refractivity contribution in [3.63, 3.8) is 0 Å². The number of fused-ring (bicyclic) bond motifs is 1. The molecule has 2 saturated heterocycles. The van der Waals surface area contributed by atoms with Gasteiger partial charge in [-0.05, 0) is 31.0 Å². The first-order valence-electron chi connectivity index (χ1n) is 8.88. The molecule has 1 atom stereocenters. The molecule has 10 heteroatoms. The molecule has 2 fully saturated rings. The molecule has 0 N–H and O–H groups in total. The van der Waals surface area contributed by atoms with Gasteiger partial charge in [0.25, 0.3) is 5.91 Å². The average molecular weight is 395 g/mol. The second-order valence-corrected chi connectivity index (χ2v) is 8.73. The fraction of sp³-hybridized carbons (Fsp3) is 0.529. The van der Waals surface area contributed by atoms with E-state index in [2.05, 4.69) is 0 Å². The summed E-state index contributed by atoms with van der Waals surface area (Å²) in [4.78, 5) is 25.8. The predicted octanol–water partition coefficient (Wildman–Crippen LogP) is 0.143. The number of aromatic nitrogens is 1. The lowest BCUT2D eigenvalue weighted by atomic mass is 10.2. The van der Waals surface area contributed by atoms with Gasteiger partial charge in [-0.15, -0.1) is 0 Å². The Balaban J connectivity index is 1.51. The zero-order valence-electron chi connectivity index (χ0n) is 15.0. The number of sulfonamides is 1. The van der Waals surface area contributed by atoms with Crippen LogP contribution >= 0.6 is 0 Å². The number of oxazole rings is 1. The Morgan fingerprint density at radius 3 is 2.59 bits per heavy atom. The number of carbonyl (C=O) groups excluding carboxylic acids is 1. The van der Waals surface area contributed by atoms with Gasteiger partial charge in [0.05, 0.1) is 10.4 Å². The Bertz CT molecular complexity index is 1030. The molecule has 2 aromatic rings. The van der Waals surface area contributed by atoms with Gasteiger partial charge in [0, 0.05) is 39.8 Å². The van der Waals surface area contributed by atoms with Gasteiger partial charge in [0.2, 0.25) is 10.0 Å². The summed E-state index contributed by atoms with van der Waals surface area (Å²) >= 11 is 0. The largest absolute Gasteiger partial charge is 0.419 e. The van der Waals surface area contributed by atoms with E-state index in [0.717, 1.165) is 12.8 Å². The van der Waals surface area contributed by atoms with E-state index in [1.165, 1.54) is 34.1 Å². The SMILES string of the molecule is Cn1c(=O)oc2ccc(S(=O)(=O)N3CCN(C(=O)C4CCCO4)CC3)cc21. The van der Waals surface area contributed by atoms with E-state index in [9.17, 15) is 18.0 Å². The van der Waals surface area contributed by atoms with Gasteiger partial charge in [-0.2, -0.15) is 4.31 Å². The first-order valence-corrected chi connectivity index (χ1v) is 10.3. The summed E-state index contributed by atoms with van der Waals surface area (Å²) in [6, 6.07) is 4.37. The maximum atomic E-state index is 13.0. The molecule has 1 amide bonds. The van der Waals surface area contributed by atoms with Crippen molar-refractivity contribution >= 4 is 27.0 Å². The monoisotopic (exact) mass is 395 g/mol. The molecule has 2 aliphatic rings. The minimum absolute atomic E-state index is 0.0561. The summed E-state index contributed by atoms with van der Waals surface area (Å²) in [5, 5.41) is 0. The highest BCUT2D eigenvalue weighted by Crippen LogP contribution is 2.23. The van der Waals surface area contributed by atoms with Crippen molar-refractivity contribution in [2.45, 2.75) is 23.8 Å². The Morgan fingerprint density at radius 1 is 1.19 bits per heavy atom. The lowest BCUT2D eigenvalue weighted by molar-refractivity contribution is -0.142. The van der Waals surface area contributed by atoms with Crippen molar-refractivity contribution < 1.29 is 22.4 Å². The molecule has 0 aliphatic carbocycles. The zero-order chi connectivity index (χ0) is 19.2. The molecule has 9 nitrogen and oxygen atoms in total. The number of benzene rings is 1. The fourth-order valence-corrected chi connectivity index (χ4v) is 4.98. The molecule has 146 valence electrons. The molecule has 0 radical (unpaired) electrons. The van der Waals surface area contributed by atoms with E-state index in [4.69, 9.17) is 9.15 Å². The molecular formula is C17H21N3O6S. The zero-order valence-corrected chi connectivity index (χ0v) is 15.8. The second-order valence-electron chi connectivity index (χ2n) is 6.79.